The third kappa shape index (κ3) is 7.69. The monoisotopic (exact) mass is 449 g/mol. The second-order valence-electron chi connectivity index (χ2n) is 8.37. The number of rotatable bonds is 8. The second kappa shape index (κ2) is 11.7. The fraction of sp³-hybridized carbons (Fsp3) is 0.346. The summed E-state index contributed by atoms with van der Waals surface area (Å²) in [5.74, 6) is 1.79. The van der Waals surface area contributed by atoms with Crippen LogP contribution in [0.5, 0.6) is 0 Å². The maximum absolute atomic E-state index is 13.3. The van der Waals surface area contributed by atoms with Crippen molar-refractivity contribution in [1.82, 2.24) is 15.5 Å². The van der Waals surface area contributed by atoms with Crippen LogP contribution in [0.15, 0.2) is 54.6 Å². The number of amides is 3. The summed E-state index contributed by atoms with van der Waals surface area (Å²) in [6.07, 6.45) is 4.96. The summed E-state index contributed by atoms with van der Waals surface area (Å²) in [4.78, 5) is 39.8. The van der Waals surface area contributed by atoms with Crippen LogP contribution >= 0.6 is 0 Å². The van der Waals surface area contributed by atoms with Crippen LogP contribution in [0.1, 0.15) is 50.4 Å². The van der Waals surface area contributed by atoms with Gasteiger partial charge in [-0.15, -0.1) is 6.42 Å². The SMILES string of the molecule is C#Cc1ccccc1C(C(=O)NCc1ccccc1)N(CC)C(=O)CNC(=O)OC(C)(C)C. The van der Waals surface area contributed by atoms with Gasteiger partial charge < -0.3 is 20.3 Å². The molecule has 7 nitrogen and oxygen atoms in total. The predicted octanol–water partition coefficient (Wildman–Crippen LogP) is 3.40. The lowest BCUT2D eigenvalue weighted by Gasteiger charge is -2.31. The molecule has 0 fully saturated rings. The number of carbonyl (C=O) groups is 3. The Morgan fingerprint density at radius 3 is 2.27 bits per heavy atom. The van der Waals surface area contributed by atoms with Crippen molar-refractivity contribution in [2.75, 3.05) is 13.1 Å². The van der Waals surface area contributed by atoms with Crippen molar-refractivity contribution < 1.29 is 19.1 Å². The Balaban J connectivity index is 2.26. The van der Waals surface area contributed by atoms with Crippen molar-refractivity contribution >= 4 is 17.9 Å². The highest BCUT2D eigenvalue weighted by atomic mass is 16.6. The molecule has 3 amide bonds. The van der Waals surface area contributed by atoms with Gasteiger partial charge in [0.15, 0.2) is 0 Å². The number of alkyl carbamates (subject to hydrolysis) is 1. The first kappa shape index (κ1) is 25.5. The Kier molecular flexibility index (Phi) is 9.05. The zero-order valence-corrected chi connectivity index (χ0v) is 19.6. The van der Waals surface area contributed by atoms with Gasteiger partial charge in [0.1, 0.15) is 18.2 Å². The Morgan fingerprint density at radius 1 is 1.03 bits per heavy atom. The van der Waals surface area contributed by atoms with Crippen LogP contribution in [-0.4, -0.2) is 41.5 Å². The predicted molar refractivity (Wildman–Crippen MR) is 127 cm³/mol. The molecule has 0 aliphatic rings. The van der Waals surface area contributed by atoms with E-state index in [9.17, 15) is 14.4 Å². The number of nitrogens with one attached hydrogen (secondary N) is 2. The molecule has 0 aliphatic carbocycles. The van der Waals surface area contributed by atoms with Gasteiger partial charge >= 0.3 is 6.09 Å². The Morgan fingerprint density at radius 2 is 1.67 bits per heavy atom. The zero-order chi connectivity index (χ0) is 24.4. The van der Waals surface area contributed by atoms with Crippen molar-refractivity contribution in [2.24, 2.45) is 0 Å². The minimum Gasteiger partial charge on any atom is -0.444 e. The van der Waals surface area contributed by atoms with Crippen molar-refractivity contribution in [3.8, 4) is 12.3 Å². The largest absolute Gasteiger partial charge is 0.444 e. The van der Waals surface area contributed by atoms with Gasteiger partial charge in [-0.25, -0.2) is 4.79 Å². The summed E-state index contributed by atoms with van der Waals surface area (Å²) in [6.45, 7) is 7.18. The molecule has 0 aliphatic heterocycles. The van der Waals surface area contributed by atoms with Crippen LogP contribution in [-0.2, 0) is 20.9 Å². The number of likely N-dealkylation sites (N-methyl/N-ethyl adjacent to an activating group) is 1. The van der Waals surface area contributed by atoms with Crippen molar-refractivity contribution in [1.29, 1.82) is 0 Å². The van der Waals surface area contributed by atoms with E-state index in [1.807, 2.05) is 30.3 Å². The van der Waals surface area contributed by atoms with E-state index in [0.29, 0.717) is 17.7 Å². The lowest BCUT2D eigenvalue weighted by molar-refractivity contribution is -0.140. The van der Waals surface area contributed by atoms with Gasteiger partial charge in [-0.05, 0) is 44.9 Å². The van der Waals surface area contributed by atoms with Gasteiger partial charge in [-0.2, -0.15) is 0 Å². The van der Waals surface area contributed by atoms with E-state index in [2.05, 4.69) is 16.6 Å². The number of terminal acetylenes is 1. The van der Waals surface area contributed by atoms with E-state index < -0.39 is 23.6 Å². The van der Waals surface area contributed by atoms with E-state index >= 15 is 0 Å². The highest BCUT2D eigenvalue weighted by Gasteiger charge is 2.32. The molecular weight excluding hydrogens is 418 g/mol. The van der Waals surface area contributed by atoms with Crippen LogP contribution in [0.25, 0.3) is 0 Å². The first-order valence-electron chi connectivity index (χ1n) is 10.8. The van der Waals surface area contributed by atoms with E-state index in [4.69, 9.17) is 11.2 Å². The summed E-state index contributed by atoms with van der Waals surface area (Å²) < 4.78 is 5.19. The maximum Gasteiger partial charge on any atom is 0.408 e. The van der Waals surface area contributed by atoms with Crippen LogP contribution in [0, 0.1) is 12.3 Å². The van der Waals surface area contributed by atoms with Gasteiger partial charge in [0.05, 0.1) is 0 Å². The molecule has 2 aromatic rings. The van der Waals surface area contributed by atoms with Crippen LogP contribution in [0.3, 0.4) is 0 Å². The lowest BCUT2D eigenvalue weighted by Crippen LogP contribution is -2.47. The Bertz CT molecular complexity index is 1010. The first-order valence-corrected chi connectivity index (χ1v) is 10.8. The molecular formula is C26H31N3O4. The molecule has 0 bridgehead atoms. The molecule has 174 valence electrons. The molecule has 0 saturated heterocycles. The number of hydrogen-bond acceptors (Lipinski definition) is 4. The van der Waals surface area contributed by atoms with Crippen LogP contribution < -0.4 is 10.6 Å². The molecule has 0 saturated carbocycles. The van der Waals surface area contributed by atoms with Crippen molar-refractivity contribution in [3.05, 3.63) is 71.3 Å². The first-order chi connectivity index (χ1) is 15.7. The van der Waals surface area contributed by atoms with E-state index in [0.717, 1.165) is 5.56 Å². The van der Waals surface area contributed by atoms with E-state index in [1.54, 1.807) is 52.0 Å². The quantitative estimate of drug-likeness (QED) is 0.605. The summed E-state index contributed by atoms with van der Waals surface area (Å²) in [6, 6.07) is 15.5. The van der Waals surface area contributed by atoms with Crippen LogP contribution in [0.2, 0.25) is 0 Å². The fourth-order valence-corrected chi connectivity index (χ4v) is 3.27. The average molecular weight is 450 g/mol. The summed E-state index contributed by atoms with van der Waals surface area (Å²) >= 11 is 0. The Hall–Kier alpha value is -3.79. The lowest BCUT2D eigenvalue weighted by atomic mass is 9.98. The molecule has 1 atom stereocenters. The molecule has 1 unspecified atom stereocenters. The number of ether oxygens (including phenoxy) is 1. The minimum atomic E-state index is -0.959. The Labute approximate surface area is 195 Å². The third-order valence-corrected chi connectivity index (χ3v) is 4.72. The molecule has 0 radical (unpaired) electrons. The highest BCUT2D eigenvalue weighted by Crippen LogP contribution is 2.25. The van der Waals surface area contributed by atoms with Gasteiger partial charge in [0, 0.05) is 18.7 Å². The minimum absolute atomic E-state index is 0.233. The smallest absolute Gasteiger partial charge is 0.408 e. The third-order valence-electron chi connectivity index (χ3n) is 4.72. The molecule has 0 heterocycles. The normalized spacial score (nSPS) is 11.6. The number of nitrogens with zero attached hydrogens (tertiary/aromatic N) is 1. The molecule has 2 aromatic carbocycles. The number of carbonyl (C=O) groups excluding carboxylic acids is 3. The van der Waals surface area contributed by atoms with Crippen molar-refractivity contribution in [2.45, 2.75) is 45.9 Å². The molecule has 2 N–H and O–H groups in total. The average Bonchev–Trinajstić information content (AvgIpc) is 2.79. The standard InChI is InChI=1S/C26H31N3O4/c1-6-20-15-11-12-16-21(20)23(24(31)27-17-19-13-9-8-10-14-19)29(7-2)22(30)18-28-25(32)33-26(3,4)5/h1,8-16,23H,7,17-18H2,2-5H3,(H,27,31)(H,28,32). The molecule has 2 rings (SSSR count). The molecule has 7 heteroatoms. The van der Waals surface area contributed by atoms with E-state index in [-0.39, 0.29) is 19.0 Å². The number of hydrogen-bond donors (Lipinski definition) is 2. The second-order valence-corrected chi connectivity index (χ2v) is 8.37. The molecule has 0 aromatic heterocycles. The number of benzene rings is 2. The summed E-state index contributed by atoms with van der Waals surface area (Å²) in [5, 5.41) is 5.36. The fourth-order valence-electron chi connectivity index (χ4n) is 3.27. The van der Waals surface area contributed by atoms with Crippen molar-refractivity contribution in [3.63, 3.8) is 0 Å². The highest BCUT2D eigenvalue weighted by molar-refractivity contribution is 5.91. The summed E-state index contributed by atoms with van der Waals surface area (Å²) in [7, 11) is 0. The zero-order valence-electron chi connectivity index (χ0n) is 19.6. The van der Waals surface area contributed by atoms with E-state index in [1.165, 1.54) is 4.90 Å². The molecule has 33 heavy (non-hydrogen) atoms. The van der Waals surface area contributed by atoms with Gasteiger partial charge in [-0.3, -0.25) is 9.59 Å². The molecule has 0 spiro atoms. The summed E-state index contributed by atoms with van der Waals surface area (Å²) in [5.41, 5.74) is 1.29. The van der Waals surface area contributed by atoms with Gasteiger partial charge in [-0.1, -0.05) is 54.5 Å². The van der Waals surface area contributed by atoms with Crippen LogP contribution in [0.4, 0.5) is 4.79 Å². The van der Waals surface area contributed by atoms with Gasteiger partial charge in [0.25, 0.3) is 0 Å². The maximum atomic E-state index is 13.3. The van der Waals surface area contributed by atoms with Gasteiger partial charge in [0.2, 0.25) is 11.8 Å². The topological polar surface area (TPSA) is 87.7 Å².